The predicted octanol–water partition coefficient (Wildman–Crippen LogP) is 5.29. The van der Waals surface area contributed by atoms with E-state index in [-0.39, 0.29) is 32.7 Å². The van der Waals surface area contributed by atoms with Gasteiger partial charge in [-0.1, -0.05) is 36.2 Å². The highest BCUT2D eigenvalue weighted by atomic mass is 35.5. The molecule has 34 heavy (non-hydrogen) atoms. The van der Waals surface area contributed by atoms with Gasteiger partial charge in [0.05, 0.1) is 5.56 Å². The number of halogens is 5. The maximum absolute atomic E-state index is 14.1. The topological polar surface area (TPSA) is 112 Å². The molecule has 2 unspecified atom stereocenters. The Balaban J connectivity index is 1.93. The second kappa shape index (κ2) is 9.57. The lowest BCUT2D eigenvalue weighted by Crippen LogP contribution is -2.46. The fraction of sp³-hybridized carbons (Fsp3) is 0.182. The van der Waals surface area contributed by atoms with Gasteiger partial charge in [0.2, 0.25) is 0 Å². The Morgan fingerprint density at radius 3 is 2.26 bits per heavy atom. The van der Waals surface area contributed by atoms with Crippen LogP contribution in [0.5, 0.6) is 0 Å². The molecule has 0 saturated heterocycles. The summed E-state index contributed by atoms with van der Waals surface area (Å²) in [6.07, 6.45) is -2.86. The Labute approximate surface area is 201 Å². The molecule has 2 heterocycles. The molecular formula is C22H16Cl2F3N3O4. The van der Waals surface area contributed by atoms with Crippen LogP contribution in [0.15, 0.2) is 54.9 Å². The molecule has 0 aliphatic rings. The van der Waals surface area contributed by atoms with Crippen molar-refractivity contribution in [2.45, 2.75) is 24.6 Å². The summed E-state index contributed by atoms with van der Waals surface area (Å²) in [5.41, 5.74) is -4.07. The second-order valence-corrected chi connectivity index (χ2v) is 8.07. The van der Waals surface area contributed by atoms with Gasteiger partial charge in [0.25, 0.3) is 5.91 Å². The molecule has 0 fully saturated rings. The van der Waals surface area contributed by atoms with Crippen LogP contribution in [0, 0.1) is 0 Å². The number of aromatic nitrogens is 2. The lowest BCUT2D eigenvalue weighted by molar-refractivity contribution is -0.274. The SMILES string of the molecule is CC(c1ccc(C(=O)Nc2cc(C(=O)O)ccn2)cc1Cl)C(O)(c1ccnc(Cl)c1)C(F)(F)F. The van der Waals surface area contributed by atoms with Crippen LogP contribution in [0.25, 0.3) is 0 Å². The first kappa shape index (κ1) is 25.4. The Morgan fingerprint density at radius 1 is 1.00 bits per heavy atom. The number of nitrogens with zero attached hydrogens (tertiary/aromatic N) is 2. The maximum atomic E-state index is 14.1. The molecule has 3 N–H and O–H groups in total. The van der Waals surface area contributed by atoms with E-state index in [0.29, 0.717) is 0 Å². The Bertz CT molecular complexity index is 1260. The molecular weight excluding hydrogens is 498 g/mol. The molecule has 0 aliphatic heterocycles. The van der Waals surface area contributed by atoms with Crippen molar-refractivity contribution in [1.82, 2.24) is 9.97 Å². The molecule has 3 rings (SSSR count). The third kappa shape index (κ3) is 4.98. The first-order valence-corrected chi connectivity index (χ1v) is 10.3. The van der Waals surface area contributed by atoms with E-state index in [0.717, 1.165) is 37.4 Å². The number of hydrogen-bond donors (Lipinski definition) is 3. The van der Waals surface area contributed by atoms with Crippen molar-refractivity contribution in [3.63, 3.8) is 0 Å². The fourth-order valence-corrected chi connectivity index (χ4v) is 3.88. The molecule has 1 aromatic carbocycles. The van der Waals surface area contributed by atoms with Gasteiger partial charge in [-0.2, -0.15) is 13.2 Å². The summed E-state index contributed by atoms with van der Waals surface area (Å²) in [7, 11) is 0. The van der Waals surface area contributed by atoms with Crippen LogP contribution in [-0.2, 0) is 5.60 Å². The zero-order chi connectivity index (χ0) is 25.3. The minimum Gasteiger partial charge on any atom is -0.478 e. The van der Waals surface area contributed by atoms with Gasteiger partial charge in [-0.15, -0.1) is 0 Å². The monoisotopic (exact) mass is 513 g/mol. The van der Waals surface area contributed by atoms with E-state index in [9.17, 15) is 27.9 Å². The number of hydrogen-bond acceptors (Lipinski definition) is 5. The van der Waals surface area contributed by atoms with Crippen molar-refractivity contribution in [1.29, 1.82) is 0 Å². The summed E-state index contributed by atoms with van der Waals surface area (Å²) in [6.45, 7) is 1.14. The highest BCUT2D eigenvalue weighted by Crippen LogP contribution is 2.50. The molecule has 0 aliphatic carbocycles. The molecule has 2 aromatic heterocycles. The van der Waals surface area contributed by atoms with Crippen LogP contribution >= 0.6 is 23.2 Å². The summed E-state index contributed by atoms with van der Waals surface area (Å²) in [6, 6.07) is 7.86. The number of carbonyl (C=O) groups is 2. The number of alkyl halides is 3. The van der Waals surface area contributed by atoms with E-state index >= 15 is 0 Å². The van der Waals surface area contributed by atoms with Crippen LogP contribution in [-0.4, -0.2) is 38.2 Å². The first-order chi connectivity index (χ1) is 15.8. The molecule has 0 saturated carbocycles. The van der Waals surface area contributed by atoms with Crippen molar-refractivity contribution in [2.75, 3.05) is 5.32 Å². The maximum Gasteiger partial charge on any atom is 0.422 e. The number of rotatable bonds is 6. The summed E-state index contributed by atoms with van der Waals surface area (Å²) >= 11 is 12.0. The van der Waals surface area contributed by atoms with Crippen LogP contribution in [0.2, 0.25) is 10.2 Å². The number of aromatic carboxylic acids is 1. The quantitative estimate of drug-likeness (QED) is 0.386. The van der Waals surface area contributed by atoms with Crippen LogP contribution in [0.1, 0.15) is 44.7 Å². The number of amides is 1. The molecule has 1 amide bonds. The molecule has 12 heteroatoms. The number of benzene rings is 1. The van der Waals surface area contributed by atoms with Gasteiger partial charge in [0, 0.05) is 28.9 Å². The lowest BCUT2D eigenvalue weighted by atomic mass is 9.78. The first-order valence-electron chi connectivity index (χ1n) is 9.56. The number of carboxylic acid groups (broad SMARTS) is 1. The Morgan fingerprint density at radius 2 is 1.68 bits per heavy atom. The van der Waals surface area contributed by atoms with Crippen LogP contribution in [0.4, 0.5) is 19.0 Å². The molecule has 0 radical (unpaired) electrons. The molecule has 2 atom stereocenters. The van der Waals surface area contributed by atoms with E-state index in [1.165, 1.54) is 24.4 Å². The second-order valence-electron chi connectivity index (χ2n) is 7.28. The van der Waals surface area contributed by atoms with E-state index in [2.05, 4.69) is 15.3 Å². The van der Waals surface area contributed by atoms with Crippen LogP contribution < -0.4 is 5.32 Å². The van der Waals surface area contributed by atoms with Crippen LogP contribution in [0.3, 0.4) is 0 Å². The van der Waals surface area contributed by atoms with Gasteiger partial charge in [0.15, 0.2) is 5.60 Å². The third-order valence-corrected chi connectivity index (χ3v) is 5.74. The van der Waals surface area contributed by atoms with Gasteiger partial charge >= 0.3 is 12.1 Å². The lowest BCUT2D eigenvalue weighted by Gasteiger charge is -2.37. The predicted molar refractivity (Wildman–Crippen MR) is 118 cm³/mol. The van der Waals surface area contributed by atoms with Gasteiger partial charge in [-0.25, -0.2) is 14.8 Å². The van der Waals surface area contributed by atoms with Gasteiger partial charge in [-0.3, -0.25) is 4.79 Å². The molecule has 0 spiro atoms. The standard InChI is InChI=1S/C22H16Cl2F3N3O4/c1-11(21(34,22(25,26)27)14-5-7-28-17(24)10-14)15-3-2-12(8-16(15)23)19(31)30-18-9-13(20(32)33)4-6-29-18/h2-11,34H,1H3,(H,32,33)(H,29,30,31). The number of aliphatic hydroxyl groups is 1. The van der Waals surface area contributed by atoms with Crippen molar-refractivity contribution < 1.29 is 33.0 Å². The molecule has 178 valence electrons. The van der Waals surface area contributed by atoms with E-state index < -0.39 is 35.1 Å². The summed E-state index contributed by atoms with van der Waals surface area (Å²) in [5, 5.41) is 21.8. The third-order valence-electron chi connectivity index (χ3n) is 5.20. The molecule has 0 bridgehead atoms. The number of carbonyl (C=O) groups excluding carboxylic acids is 1. The number of pyridine rings is 2. The van der Waals surface area contributed by atoms with Gasteiger partial charge in [-0.05, 0) is 47.5 Å². The van der Waals surface area contributed by atoms with Crippen molar-refractivity contribution in [3.05, 3.63) is 87.3 Å². The smallest absolute Gasteiger partial charge is 0.422 e. The zero-order valence-electron chi connectivity index (χ0n) is 17.3. The molecule has 3 aromatic rings. The summed E-state index contributed by atoms with van der Waals surface area (Å²) < 4.78 is 42.2. The normalized spacial score (nSPS) is 14.2. The van der Waals surface area contributed by atoms with E-state index in [1.807, 2.05) is 0 Å². The summed E-state index contributed by atoms with van der Waals surface area (Å²) in [5.74, 6) is -3.57. The Hall–Kier alpha value is -3.21. The van der Waals surface area contributed by atoms with E-state index in [1.54, 1.807) is 0 Å². The number of nitrogens with one attached hydrogen (secondary N) is 1. The Kier molecular flexibility index (Phi) is 7.15. The highest BCUT2D eigenvalue weighted by Gasteiger charge is 2.59. The average Bonchev–Trinajstić information content (AvgIpc) is 2.77. The van der Waals surface area contributed by atoms with Gasteiger partial charge < -0.3 is 15.5 Å². The highest BCUT2D eigenvalue weighted by molar-refractivity contribution is 6.32. The van der Waals surface area contributed by atoms with Crippen molar-refractivity contribution in [3.8, 4) is 0 Å². The summed E-state index contributed by atoms with van der Waals surface area (Å²) in [4.78, 5) is 31.1. The minimum absolute atomic E-state index is 0.0222. The largest absolute Gasteiger partial charge is 0.478 e. The van der Waals surface area contributed by atoms with Gasteiger partial charge in [0.1, 0.15) is 11.0 Å². The number of carboxylic acids is 1. The van der Waals surface area contributed by atoms with Crippen molar-refractivity contribution in [2.24, 2.45) is 0 Å². The molecule has 7 nitrogen and oxygen atoms in total. The van der Waals surface area contributed by atoms with E-state index in [4.69, 9.17) is 28.3 Å². The minimum atomic E-state index is -5.10. The number of anilines is 1. The average molecular weight is 514 g/mol. The fourth-order valence-electron chi connectivity index (χ4n) is 3.36. The zero-order valence-corrected chi connectivity index (χ0v) is 18.8. The van der Waals surface area contributed by atoms with Crippen molar-refractivity contribution >= 4 is 40.9 Å².